The number of carbonyl (C=O) groups excluding carboxylic acids is 1. The van der Waals surface area contributed by atoms with E-state index >= 15 is 0 Å². The molecule has 0 radical (unpaired) electrons. The van der Waals surface area contributed by atoms with Crippen molar-refractivity contribution in [1.82, 2.24) is 0 Å². The van der Waals surface area contributed by atoms with Gasteiger partial charge in [0.1, 0.15) is 0 Å². The number of azo groups is 2. The smallest absolute Gasteiger partial charge is 0.193 e. The zero-order valence-electron chi connectivity index (χ0n) is 23.7. The van der Waals surface area contributed by atoms with Crippen LogP contribution in [0.4, 0.5) is 34.1 Å². The van der Waals surface area contributed by atoms with E-state index < -0.39 is 0 Å². The molecule has 0 fully saturated rings. The summed E-state index contributed by atoms with van der Waals surface area (Å²) in [6.07, 6.45) is 0. The molecule has 4 aromatic rings. The second kappa shape index (κ2) is 13.9. The normalized spacial score (nSPS) is 11.3. The van der Waals surface area contributed by atoms with Crippen LogP contribution in [0.5, 0.6) is 0 Å². The third-order valence-electron chi connectivity index (χ3n) is 6.78. The lowest BCUT2D eigenvalue weighted by atomic mass is 10.0. The van der Waals surface area contributed by atoms with Crippen LogP contribution in [0.15, 0.2) is 118 Å². The Bertz CT molecular complexity index is 1310. The molecule has 0 amide bonds. The molecule has 0 bridgehead atoms. The molecule has 204 valence electrons. The van der Waals surface area contributed by atoms with E-state index in [0.29, 0.717) is 22.5 Å². The third kappa shape index (κ3) is 7.26. The topological polar surface area (TPSA) is 73.0 Å². The van der Waals surface area contributed by atoms with Gasteiger partial charge in [-0.1, -0.05) is 0 Å². The summed E-state index contributed by atoms with van der Waals surface area (Å²) in [7, 11) is 0. The summed E-state index contributed by atoms with van der Waals surface area (Å²) >= 11 is 0. The van der Waals surface area contributed by atoms with Gasteiger partial charge in [-0.2, -0.15) is 20.5 Å². The fourth-order valence-corrected chi connectivity index (χ4v) is 4.39. The Balaban J connectivity index is 1.35. The molecule has 0 spiro atoms. The molecule has 0 saturated carbocycles. The van der Waals surface area contributed by atoms with Crippen LogP contribution in [0.3, 0.4) is 0 Å². The Morgan fingerprint density at radius 3 is 0.950 bits per heavy atom. The van der Waals surface area contributed by atoms with Gasteiger partial charge >= 0.3 is 0 Å². The van der Waals surface area contributed by atoms with Gasteiger partial charge in [0.15, 0.2) is 5.78 Å². The second-order valence-corrected chi connectivity index (χ2v) is 9.20. The maximum atomic E-state index is 13.0. The molecule has 0 atom stereocenters. The van der Waals surface area contributed by atoms with E-state index in [1.165, 1.54) is 11.4 Å². The number of hydrogen-bond donors (Lipinski definition) is 0. The number of hydrogen-bond acceptors (Lipinski definition) is 7. The SMILES string of the molecule is CCN(CC)c1ccc(N=Nc2ccc(C(=O)c3ccc(N=Nc4ccc(N(CC)CC)cc4)cc3)cc2)cc1. The van der Waals surface area contributed by atoms with Gasteiger partial charge in [-0.05, 0) is 125 Å². The van der Waals surface area contributed by atoms with Crippen molar-refractivity contribution in [1.29, 1.82) is 0 Å². The van der Waals surface area contributed by atoms with Crippen molar-refractivity contribution in [3.8, 4) is 0 Å². The van der Waals surface area contributed by atoms with E-state index in [0.717, 1.165) is 37.6 Å². The maximum absolute atomic E-state index is 13.0. The van der Waals surface area contributed by atoms with Gasteiger partial charge in [0, 0.05) is 48.7 Å². The predicted octanol–water partition coefficient (Wildman–Crippen LogP) is 9.44. The highest BCUT2D eigenvalue weighted by Gasteiger charge is 2.09. The van der Waals surface area contributed by atoms with Crippen LogP contribution in [-0.4, -0.2) is 32.0 Å². The predicted molar refractivity (Wildman–Crippen MR) is 165 cm³/mol. The Hall–Kier alpha value is -4.65. The van der Waals surface area contributed by atoms with Crippen molar-refractivity contribution in [2.24, 2.45) is 20.5 Å². The molecule has 0 aliphatic carbocycles. The van der Waals surface area contributed by atoms with Crippen LogP contribution >= 0.6 is 0 Å². The van der Waals surface area contributed by atoms with Gasteiger partial charge in [-0.15, -0.1) is 0 Å². The standard InChI is InChI=1S/C33H36N6O/c1-5-38(6-2)31-21-17-29(18-22-31)36-34-27-13-9-25(10-14-27)33(40)26-11-15-28(16-12-26)35-37-30-19-23-32(24-20-30)39(7-3)8-4/h9-24H,5-8H2,1-4H3. The van der Waals surface area contributed by atoms with Crippen molar-refractivity contribution in [3.63, 3.8) is 0 Å². The molecule has 0 heterocycles. The quantitative estimate of drug-likeness (QED) is 0.135. The van der Waals surface area contributed by atoms with Crippen molar-refractivity contribution in [2.45, 2.75) is 27.7 Å². The van der Waals surface area contributed by atoms with Gasteiger partial charge in [-0.3, -0.25) is 4.79 Å². The average Bonchev–Trinajstić information content (AvgIpc) is 3.01. The van der Waals surface area contributed by atoms with E-state index in [-0.39, 0.29) is 5.78 Å². The third-order valence-corrected chi connectivity index (χ3v) is 6.78. The number of nitrogens with zero attached hydrogens (tertiary/aromatic N) is 6. The molecule has 4 rings (SSSR count). The van der Waals surface area contributed by atoms with E-state index in [1.807, 2.05) is 24.3 Å². The lowest BCUT2D eigenvalue weighted by Gasteiger charge is -2.20. The summed E-state index contributed by atoms with van der Waals surface area (Å²) in [5, 5.41) is 17.3. The van der Waals surface area contributed by atoms with E-state index in [9.17, 15) is 4.79 Å². The fourth-order valence-electron chi connectivity index (χ4n) is 4.39. The van der Waals surface area contributed by atoms with Crippen LogP contribution in [-0.2, 0) is 0 Å². The van der Waals surface area contributed by atoms with Crippen LogP contribution < -0.4 is 9.80 Å². The van der Waals surface area contributed by atoms with Crippen molar-refractivity contribution >= 4 is 39.9 Å². The summed E-state index contributed by atoms with van der Waals surface area (Å²) < 4.78 is 0. The van der Waals surface area contributed by atoms with E-state index in [1.54, 1.807) is 48.5 Å². The summed E-state index contributed by atoms with van der Waals surface area (Å²) in [4.78, 5) is 17.5. The zero-order chi connectivity index (χ0) is 28.3. The van der Waals surface area contributed by atoms with Gasteiger partial charge in [0.2, 0.25) is 0 Å². The number of benzene rings is 4. The van der Waals surface area contributed by atoms with Gasteiger partial charge in [0.05, 0.1) is 22.7 Å². The van der Waals surface area contributed by atoms with Gasteiger partial charge in [0.25, 0.3) is 0 Å². The first kappa shape index (κ1) is 28.4. The zero-order valence-corrected chi connectivity index (χ0v) is 23.7. The monoisotopic (exact) mass is 532 g/mol. The molecule has 7 nitrogen and oxygen atoms in total. The summed E-state index contributed by atoms with van der Waals surface area (Å²) in [5.41, 5.74) is 6.45. The highest BCUT2D eigenvalue weighted by atomic mass is 16.1. The van der Waals surface area contributed by atoms with Crippen molar-refractivity contribution in [3.05, 3.63) is 108 Å². The highest BCUT2D eigenvalue weighted by molar-refractivity contribution is 6.09. The van der Waals surface area contributed by atoms with Crippen LogP contribution in [0.1, 0.15) is 43.6 Å². The van der Waals surface area contributed by atoms with E-state index in [4.69, 9.17) is 0 Å². The first-order chi connectivity index (χ1) is 19.5. The largest absolute Gasteiger partial charge is 0.372 e. The molecule has 0 N–H and O–H groups in total. The second-order valence-electron chi connectivity index (χ2n) is 9.20. The van der Waals surface area contributed by atoms with Crippen molar-refractivity contribution in [2.75, 3.05) is 36.0 Å². The summed E-state index contributed by atoms with van der Waals surface area (Å²) in [6.45, 7) is 12.4. The molecule has 0 unspecified atom stereocenters. The average molecular weight is 533 g/mol. The van der Waals surface area contributed by atoms with Gasteiger partial charge in [-0.25, -0.2) is 0 Å². The molecule has 0 aliphatic rings. The molecule has 0 aromatic heterocycles. The first-order valence-electron chi connectivity index (χ1n) is 13.8. The number of carbonyl (C=O) groups is 1. The fraction of sp³-hybridized carbons (Fsp3) is 0.242. The van der Waals surface area contributed by atoms with Crippen LogP contribution in [0, 0.1) is 0 Å². The Kier molecular flexibility index (Phi) is 9.88. The maximum Gasteiger partial charge on any atom is 0.193 e. The molecular weight excluding hydrogens is 496 g/mol. The number of rotatable bonds is 12. The van der Waals surface area contributed by atoms with Crippen molar-refractivity contribution < 1.29 is 4.79 Å². The minimum Gasteiger partial charge on any atom is -0.372 e. The molecule has 0 aliphatic heterocycles. The van der Waals surface area contributed by atoms with Crippen LogP contribution in [0.25, 0.3) is 0 Å². The minimum absolute atomic E-state index is 0.0639. The molecule has 40 heavy (non-hydrogen) atoms. The minimum atomic E-state index is -0.0639. The Labute approximate surface area is 236 Å². The summed E-state index contributed by atoms with van der Waals surface area (Å²) in [6, 6.07) is 30.4. The molecule has 4 aromatic carbocycles. The van der Waals surface area contributed by atoms with E-state index in [2.05, 4.69) is 82.2 Å². The summed E-state index contributed by atoms with van der Waals surface area (Å²) in [5.74, 6) is -0.0639. The van der Waals surface area contributed by atoms with Crippen LogP contribution in [0.2, 0.25) is 0 Å². The highest BCUT2D eigenvalue weighted by Crippen LogP contribution is 2.25. The molecular formula is C33H36N6O. The number of anilines is 2. The lowest BCUT2D eigenvalue weighted by molar-refractivity contribution is 0.103. The molecule has 0 saturated heterocycles. The molecule has 7 heteroatoms. The lowest BCUT2D eigenvalue weighted by Crippen LogP contribution is -2.21. The Morgan fingerprint density at radius 1 is 0.450 bits per heavy atom. The first-order valence-corrected chi connectivity index (χ1v) is 13.8. The Morgan fingerprint density at radius 2 is 0.700 bits per heavy atom. The van der Waals surface area contributed by atoms with Gasteiger partial charge < -0.3 is 9.80 Å². The number of ketones is 1.